The van der Waals surface area contributed by atoms with Gasteiger partial charge in [0.2, 0.25) is 0 Å². The number of carbonyl (C=O) groups excluding carboxylic acids is 2. The Bertz CT molecular complexity index is 1350. The third kappa shape index (κ3) is 3.50. The molecular formula is C24H19FN4O3. The Kier molecular flexibility index (Phi) is 4.91. The van der Waals surface area contributed by atoms with Crippen LogP contribution in [0, 0.1) is 5.82 Å². The number of imidazole rings is 1. The molecule has 0 bridgehead atoms. The summed E-state index contributed by atoms with van der Waals surface area (Å²) < 4.78 is 16.0. The molecule has 1 aliphatic rings. The number of anilines is 1. The van der Waals surface area contributed by atoms with Crippen LogP contribution in [0.1, 0.15) is 38.1 Å². The fraction of sp³-hybridized carbons (Fsp3) is 0.125. The van der Waals surface area contributed by atoms with E-state index in [2.05, 4.69) is 15.6 Å². The largest absolute Gasteiger partial charge is 0.386 e. The van der Waals surface area contributed by atoms with E-state index in [0.29, 0.717) is 12.1 Å². The number of rotatable bonds is 4. The summed E-state index contributed by atoms with van der Waals surface area (Å²) >= 11 is 0. The maximum atomic E-state index is 14.4. The lowest BCUT2D eigenvalue weighted by Crippen LogP contribution is -2.37. The molecule has 32 heavy (non-hydrogen) atoms. The van der Waals surface area contributed by atoms with Gasteiger partial charge in [0, 0.05) is 11.8 Å². The van der Waals surface area contributed by atoms with Crippen molar-refractivity contribution in [2.45, 2.75) is 18.6 Å². The molecule has 2 aromatic carbocycles. The van der Waals surface area contributed by atoms with Gasteiger partial charge in [0.15, 0.2) is 0 Å². The van der Waals surface area contributed by atoms with Crippen molar-refractivity contribution in [2.24, 2.45) is 0 Å². The molecule has 0 spiro atoms. The minimum Gasteiger partial charge on any atom is -0.386 e. The number of benzene rings is 2. The second kappa shape index (κ2) is 7.90. The van der Waals surface area contributed by atoms with Gasteiger partial charge in [-0.05, 0) is 47.9 Å². The number of amides is 2. The van der Waals surface area contributed by atoms with Gasteiger partial charge in [-0.25, -0.2) is 9.37 Å². The Morgan fingerprint density at radius 3 is 2.72 bits per heavy atom. The third-order valence-corrected chi connectivity index (χ3v) is 5.64. The molecule has 0 saturated heterocycles. The molecule has 0 radical (unpaired) electrons. The normalized spacial score (nSPS) is 17.2. The van der Waals surface area contributed by atoms with Gasteiger partial charge >= 0.3 is 0 Å². The predicted molar refractivity (Wildman–Crippen MR) is 116 cm³/mol. The second-order valence-electron chi connectivity index (χ2n) is 7.65. The van der Waals surface area contributed by atoms with Crippen molar-refractivity contribution >= 4 is 23.1 Å². The van der Waals surface area contributed by atoms with Crippen LogP contribution >= 0.6 is 0 Å². The monoisotopic (exact) mass is 430 g/mol. The zero-order valence-electron chi connectivity index (χ0n) is 16.8. The van der Waals surface area contributed by atoms with Gasteiger partial charge in [0.05, 0.1) is 24.0 Å². The van der Waals surface area contributed by atoms with E-state index in [9.17, 15) is 19.1 Å². The topological polar surface area (TPSA) is 95.7 Å². The number of nitrogens with zero attached hydrogens (tertiary/aromatic N) is 2. The molecule has 0 fully saturated rings. The van der Waals surface area contributed by atoms with Crippen LogP contribution in [0.3, 0.4) is 0 Å². The second-order valence-corrected chi connectivity index (χ2v) is 7.65. The molecule has 0 saturated carbocycles. The van der Waals surface area contributed by atoms with Gasteiger partial charge in [-0.15, -0.1) is 0 Å². The van der Waals surface area contributed by atoms with Gasteiger partial charge in [-0.1, -0.05) is 30.3 Å². The molecule has 8 heteroatoms. The zero-order chi connectivity index (χ0) is 22.2. The summed E-state index contributed by atoms with van der Waals surface area (Å²) in [5, 5.41) is 15.8. The lowest BCUT2D eigenvalue weighted by atomic mass is 10.1. The quantitative estimate of drug-likeness (QED) is 0.464. The molecule has 3 N–H and O–H groups in total. The smallest absolute Gasteiger partial charge is 0.274 e. The fourth-order valence-electron chi connectivity index (χ4n) is 4.00. The number of fused-ring (bicyclic) bond motifs is 2. The van der Waals surface area contributed by atoms with Crippen LogP contribution in [0.2, 0.25) is 0 Å². The molecule has 4 aromatic rings. The van der Waals surface area contributed by atoms with Crippen LogP contribution in [0.5, 0.6) is 0 Å². The van der Waals surface area contributed by atoms with Crippen LogP contribution in [-0.2, 0) is 6.42 Å². The molecule has 0 unspecified atom stereocenters. The highest BCUT2D eigenvalue weighted by Gasteiger charge is 2.32. The number of aromatic nitrogens is 2. The van der Waals surface area contributed by atoms with Crippen molar-refractivity contribution in [3.8, 4) is 0 Å². The first kappa shape index (κ1) is 19.9. The first-order valence-electron chi connectivity index (χ1n) is 10.1. The molecule has 7 nitrogen and oxygen atoms in total. The Hall–Kier alpha value is -4.04. The molecular weight excluding hydrogens is 411 g/mol. The molecule has 2 atom stereocenters. The fourth-order valence-corrected chi connectivity index (χ4v) is 4.00. The van der Waals surface area contributed by atoms with Gasteiger partial charge in [-0.3, -0.25) is 14.0 Å². The van der Waals surface area contributed by atoms with E-state index in [1.54, 1.807) is 28.8 Å². The summed E-state index contributed by atoms with van der Waals surface area (Å²) in [5.41, 5.74) is 2.64. The zero-order valence-corrected chi connectivity index (χ0v) is 16.8. The first-order chi connectivity index (χ1) is 15.5. The summed E-state index contributed by atoms with van der Waals surface area (Å²) in [7, 11) is 0. The Morgan fingerprint density at radius 2 is 1.88 bits per heavy atom. The van der Waals surface area contributed by atoms with E-state index in [1.165, 1.54) is 18.3 Å². The lowest BCUT2D eigenvalue weighted by Gasteiger charge is -2.17. The summed E-state index contributed by atoms with van der Waals surface area (Å²) in [6, 6.07) is 16.0. The number of halogens is 1. The van der Waals surface area contributed by atoms with E-state index in [-0.39, 0.29) is 16.9 Å². The van der Waals surface area contributed by atoms with Gasteiger partial charge in [-0.2, -0.15) is 0 Å². The number of hydrogen-bond donors (Lipinski definition) is 3. The molecule has 2 heterocycles. The summed E-state index contributed by atoms with van der Waals surface area (Å²) in [4.78, 5) is 29.6. The maximum Gasteiger partial charge on any atom is 0.274 e. The highest BCUT2D eigenvalue weighted by molar-refractivity contribution is 6.04. The summed E-state index contributed by atoms with van der Waals surface area (Å²) in [6.07, 6.45) is 2.77. The molecule has 160 valence electrons. The highest BCUT2D eigenvalue weighted by atomic mass is 19.1. The van der Waals surface area contributed by atoms with E-state index in [4.69, 9.17) is 0 Å². The number of carbonyl (C=O) groups is 2. The number of pyridine rings is 1. The van der Waals surface area contributed by atoms with Crippen molar-refractivity contribution in [3.05, 3.63) is 101 Å². The Labute approximate surface area is 182 Å². The van der Waals surface area contributed by atoms with Crippen LogP contribution in [0.15, 0.2) is 73.1 Å². The molecule has 1 aliphatic carbocycles. The Balaban J connectivity index is 1.34. The number of aliphatic hydroxyl groups is 1. The van der Waals surface area contributed by atoms with Crippen LogP contribution < -0.4 is 10.6 Å². The predicted octanol–water partition coefficient (Wildman–Crippen LogP) is 3.11. The molecule has 5 rings (SSSR count). The molecule has 2 aromatic heterocycles. The van der Waals surface area contributed by atoms with E-state index in [0.717, 1.165) is 17.2 Å². The van der Waals surface area contributed by atoms with Crippen LogP contribution in [-0.4, -0.2) is 32.3 Å². The van der Waals surface area contributed by atoms with Crippen molar-refractivity contribution in [2.75, 3.05) is 5.32 Å². The van der Waals surface area contributed by atoms with Crippen LogP contribution in [0.4, 0.5) is 10.1 Å². The maximum absolute atomic E-state index is 14.4. The number of aliphatic hydroxyl groups excluding tert-OH is 1. The van der Waals surface area contributed by atoms with E-state index >= 15 is 0 Å². The van der Waals surface area contributed by atoms with Gasteiger partial charge in [0.1, 0.15) is 17.2 Å². The SMILES string of the molecule is O=C(N[C@H]1Cc2ccccc2[C@@H]1O)c1ccc(F)c(NC(=O)c2cnc3ccccn23)c1. The van der Waals surface area contributed by atoms with Crippen molar-refractivity contribution in [3.63, 3.8) is 0 Å². The van der Waals surface area contributed by atoms with E-state index in [1.807, 2.05) is 24.3 Å². The van der Waals surface area contributed by atoms with Gasteiger partial charge in [0.25, 0.3) is 11.8 Å². The minimum absolute atomic E-state index is 0.121. The average Bonchev–Trinajstić information content (AvgIpc) is 3.37. The van der Waals surface area contributed by atoms with Crippen molar-refractivity contribution < 1.29 is 19.1 Å². The minimum atomic E-state index is -0.815. The van der Waals surface area contributed by atoms with Crippen molar-refractivity contribution in [1.82, 2.24) is 14.7 Å². The van der Waals surface area contributed by atoms with Crippen molar-refractivity contribution in [1.29, 1.82) is 0 Å². The average molecular weight is 430 g/mol. The molecule has 2 amide bonds. The first-order valence-corrected chi connectivity index (χ1v) is 10.1. The summed E-state index contributed by atoms with van der Waals surface area (Å²) in [5.74, 6) is -1.69. The van der Waals surface area contributed by atoms with Gasteiger partial charge < -0.3 is 15.7 Å². The number of nitrogens with one attached hydrogen (secondary N) is 2. The standard InChI is InChI=1S/C24H19FN4O3/c25-17-9-8-15(23(31)28-19-11-14-5-1-2-6-16(14)22(19)30)12-18(17)27-24(32)20-13-26-21-7-3-4-10-29(20)21/h1-10,12-13,19,22,30H,11H2,(H,27,32)(H,28,31)/t19-,22-/m0/s1. The highest BCUT2D eigenvalue weighted by Crippen LogP contribution is 2.31. The lowest BCUT2D eigenvalue weighted by molar-refractivity contribution is 0.0858. The van der Waals surface area contributed by atoms with Crippen LogP contribution in [0.25, 0.3) is 5.65 Å². The van der Waals surface area contributed by atoms with E-state index < -0.39 is 29.8 Å². The summed E-state index contributed by atoms with van der Waals surface area (Å²) in [6.45, 7) is 0. The Morgan fingerprint density at radius 1 is 1.06 bits per heavy atom. The third-order valence-electron chi connectivity index (χ3n) is 5.64. The number of hydrogen-bond acceptors (Lipinski definition) is 4. The molecule has 0 aliphatic heterocycles.